The van der Waals surface area contributed by atoms with Crippen molar-refractivity contribution in [2.75, 3.05) is 0 Å². The first-order valence-electron chi connectivity index (χ1n) is 10.3. The summed E-state index contributed by atoms with van der Waals surface area (Å²) < 4.78 is 10.9. The molecule has 4 nitrogen and oxygen atoms in total. The molecule has 30 heavy (non-hydrogen) atoms. The van der Waals surface area contributed by atoms with E-state index in [0.29, 0.717) is 12.2 Å². The maximum Gasteiger partial charge on any atom is 0.352 e. The minimum absolute atomic E-state index is 0.0488. The summed E-state index contributed by atoms with van der Waals surface area (Å²) >= 11 is 0. The van der Waals surface area contributed by atoms with E-state index in [1.807, 2.05) is 18.2 Å². The van der Waals surface area contributed by atoms with Gasteiger partial charge in [-0.2, -0.15) is 0 Å². The molecule has 2 unspecified atom stereocenters. The molecule has 0 amide bonds. The van der Waals surface area contributed by atoms with Crippen LogP contribution in [0.15, 0.2) is 78.9 Å². The van der Waals surface area contributed by atoms with Gasteiger partial charge >= 0.3 is 11.9 Å². The monoisotopic (exact) mass is 398 g/mol. The Bertz CT molecular complexity index is 1060. The van der Waals surface area contributed by atoms with E-state index in [-0.39, 0.29) is 23.7 Å². The summed E-state index contributed by atoms with van der Waals surface area (Å²) in [5.74, 6) is -0.668. The van der Waals surface area contributed by atoms with E-state index in [4.69, 9.17) is 9.47 Å². The average molecular weight is 398 g/mol. The molecule has 0 fully saturated rings. The molecule has 0 radical (unpaired) electrons. The molecule has 0 aromatic heterocycles. The van der Waals surface area contributed by atoms with E-state index >= 15 is 0 Å². The molecule has 4 heteroatoms. The molecular formula is C26H22O4. The Kier molecular flexibility index (Phi) is 4.62. The number of hydrogen-bond acceptors (Lipinski definition) is 4. The van der Waals surface area contributed by atoms with E-state index < -0.39 is 12.1 Å². The highest BCUT2D eigenvalue weighted by atomic mass is 16.6. The van der Waals surface area contributed by atoms with Gasteiger partial charge in [0.25, 0.3) is 0 Å². The minimum Gasteiger partial charge on any atom is -0.450 e. The Hall–Kier alpha value is -3.40. The lowest BCUT2D eigenvalue weighted by Crippen LogP contribution is -2.39. The average Bonchev–Trinajstić information content (AvgIpc) is 2.79. The van der Waals surface area contributed by atoms with Crippen molar-refractivity contribution in [2.24, 2.45) is 5.92 Å². The molecule has 0 aliphatic heterocycles. The number of hydrogen-bond donors (Lipinski definition) is 0. The van der Waals surface area contributed by atoms with Crippen molar-refractivity contribution >= 4 is 11.9 Å². The number of para-hydroxylation sites is 1. The second-order valence-corrected chi connectivity index (χ2v) is 7.94. The smallest absolute Gasteiger partial charge is 0.352 e. The Balaban J connectivity index is 1.37. The van der Waals surface area contributed by atoms with Gasteiger partial charge < -0.3 is 9.47 Å². The lowest BCUT2D eigenvalue weighted by Gasteiger charge is -2.44. The highest BCUT2D eigenvalue weighted by Crippen LogP contribution is 2.55. The molecule has 0 N–H and O–H groups in total. The van der Waals surface area contributed by atoms with Crippen molar-refractivity contribution < 1.29 is 19.1 Å². The molecule has 0 saturated heterocycles. The zero-order valence-corrected chi connectivity index (χ0v) is 16.7. The van der Waals surface area contributed by atoms with Gasteiger partial charge in [-0.3, -0.25) is 4.79 Å². The summed E-state index contributed by atoms with van der Waals surface area (Å²) in [6, 6.07) is 25.5. The van der Waals surface area contributed by atoms with Crippen LogP contribution in [0.2, 0.25) is 0 Å². The summed E-state index contributed by atoms with van der Waals surface area (Å²) in [4.78, 5) is 25.5. The zero-order valence-electron chi connectivity index (χ0n) is 16.7. The molecule has 3 aliphatic carbocycles. The van der Waals surface area contributed by atoms with Crippen LogP contribution < -0.4 is 4.74 Å². The van der Waals surface area contributed by atoms with E-state index in [0.717, 1.165) is 0 Å². The van der Waals surface area contributed by atoms with Crippen LogP contribution >= 0.6 is 0 Å². The van der Waals surface area contributed by atoms with E-state index in [1.54, 1.807) is 31.2 Å². The molecule has 150 valence electrons. The maximum atomic E-state index is 13.1. The summed E-state index contributed by atoms with van der Waals surface area (Å²) in [7, 11) is 0. The number of benzene rings is 3. The molecule has 0 heterocycles. The normalized spacial score (nSPS) is 21.8. The maximum absolute atomic E-state index is 13.1. The molecule has 2 atom stereocenters. The number of rotatable bonds is 4. The third-order valence-corrected chi connectivity index (χ3v) is 6.19. The lowest BCUT2D eigenvalue weighted by molar-refractivity contribution is -0.165. The Morgan fingerprint density at radius 3 is 1.93 bits per heavy atom. The van der Waals surface area contributed by atoms with Crippen molar-refractivity contribution in [1.82, 2.24) is 0 Å². The third-order valence-electron chi connectivity index (χ3n) is 6.19. The summed E-state index contributed by atoms with van der Waals surface area (Å²) in [5.41, 5.74) is 4.96. The first kappa shape index (κ1) is 18.6. The van der Waals surface area contributed by atoms with E-state index in [9.17, 15) is 9.59 Å². The van der Waals surface area contributed by atoms with Crippen LogP contribution in [0.4, 0.5) is 0 Å². The summed E-state index contributed by atoms with van der Waals surface area (Å²) in [6.45, 7) is 1.56. The zero-order chi connectivity index (χ0) is 20.7. The van der Waals surface area contributed by atoms with Gasteiger partial charge in [0.15, 0.2) is 6.10 Å². The molecule has 2 bridgehead atoms. The quantitative estimate of drug-likeness (QED) is 0.467. The fourth-order valence-corrected chi connectivity index (χ4v) is 4.87. The molecule has 3 aromatic carbocycles. The Labute approximate surface area is 175 Å². The Morgan fingerprint density at radius 2 is 1.33 bits per heavy atom. The van der Waals surface area contributed by atoms with Crippen molar-refractivity contribution in [3.8, 4) is 5.75 Å². The highest BCUT2D eigenvalue weighted by Gasteiger charge is 2.47. The van der Waals surface area contributed by atoms with Gasteiger partial charge in [0.05, 0.1) is 5.92 Å². The van der Waals surface area contributed by atoms with Crippen LogP contribution in [0.1, 0.15) is 47.4 Å². The second kappa shape index (κ2) is 7.45. The molecule has 0 spiro atoms. The fourth-order valence-electron chi connectivity index (χ4n) is 4.87. The van der Waals surface area contributed by atoms with Gasteiger partial charge in [0, 0.05) is 11.8 Å². The Morgan fingerprint density at radius 1 is 0.800 bits per heavy atom. The molecule has 3 aliphatic rings. The standard InChI is InChI=1S/C26H22O4/c1-16(25(27)30-17-9-3-2-4-10-17)29-26(28)23-15-22-18-11-5-7-13-20(18)24(23)21-14-8-6-12-19(21)22/h2-14,16,22-24H,15H2,1H3. The summed E-state index contributed by atoms with van der Waals surface area (Å²) in [6.07, 6.45) is -0.276. The van der Waals surface area contributed by atoms with Gasteiger partial charge in [0.1, 0.15) is 5.75 Å². The van der Waals surface area contributed by atoms with Gasteiger partial charge in [-0.1, -0.05) is 66.7 Å². The van der Waals surface area contributed by atoms with Crippen LogP contribution in [-0.4, -0.2) is 18.0 Å². The predicted molar refractivity (Wildman–Crippen MR) is 112 cm³/mol. The van der Waals surface area contributed by atoms with Crippen LogP contribution in [0, 0.1) is 5.92 Å². The van der Waals surface area contributed by atoms with Crippen molar-refractivity contribution in [2.45, 2.75) is 31.3 Å². The van der Waals surface area contributed by atoms with Crippen LogP contribution in [0.3, 0.4) is 0 Å². The van der Waals surface area contributed by atoms with E-state index in [1.165, 1.54) is 22.3 Å². The first-order chi connectivity index (χ1) is 14.6. The molecule has 6 rings (SSSR count). The van der Waals surface area contributed by atoms with Gasteiger partial charge in [-0.15, -0.1) is 0 Å². The van der Waals surface area contributed by atoms with Crippen molar-refractivity contribution in [3.63, 3.8) is 0 Å². The minimum atomic E-state index is -0.969. The van der Waals surface area contributed by atoms with Crippen molar-refractivity contribution in [3.05, 3.63) is 101 Å². The van der Waals surface area contributed by atoms with Crippen LogP contribution in [0.25, 0.3) is 0 Å². The van der Waals surface area contributed by atoms with E-state index in [2.05, 4.69) is 36.4 Å². The molecule has 3 aromatic rings. The number of esters is 2. The third kappa shape index (κ3) is 3.09. The van der Waals surface area contributed by atoms with Gasteiger partial charge in [-0.05, 0) is 47.7 Å². The topological polar surface area (TPSA) is 52.6 Å². The lowest BCUT2D eigenvalue weighted by atomic mass is 9.59. The van der Waals surface area contributed by atoms with Gasteiger partial charge in [0.2, 0.25) is 0 Å². The highest BCUT2D eigenvalue weighted by molar-refractivity contribution is 5.83. The molecular weight excluding hydrogens is 376 g/mol. The number of carbonyl (C=O) groups excluding carboxylic acids is 2. The number of carbonyl (C=O) groups is 2. The number of ether oxygens (including phenoxy) is 2. The van der Waals surface area contributed by atoms with Crippen LogP contribution in [0.5, 0.6) is 5.75 Å². The summed E-state index contributed by atoms with van der Waals surface area (Å²) in [5, 5.41) is 0. The molecule has 0 saturated carbocycles. The first-order valence-corrected chi connectivity index (χ1v) is 10.3. The van der Waals surface area contributed by atoms with Crippen LogP contribution in [-0.2, 0) is 14.3 Å². The van der Waals surface area contributed by atoms with Crippen molar-refractivity contribution in [1.29, 1.82) is 0 Å². The number of fused-ring (bicyclic) bond motifs is 1. The fraction of sp³-hybridized carbons (Fsp3) is 0.231. The largest absolute Gasteiger partial charge is 0.450 e. The second-order valence-electron chi connectivity index (χ2n) is 7.94. The van der Waals surface area contributed by atoms with Gasteiger partial charge in [-0.25, -0.2) is 4.79 Å². The SMILES string of the molecule is CC(OC(=O)C1CC2c3ccccc3C1c1ccccc12)C(=O)Oc1ccccc1. The predicted octanol–water partition coefficient (Wildman–Crippen LogP) is 4.82.